The number of hydrogen-bond acceptors (Lipinski definition) is 1. The molecule has 0 bridgehead atoms. The Hall–Kier alpha value is -1.10. The van der Waals surface area contributed by atoms with Gasteiger partial charge < -0.3 is 5.73 Å². The van der Waals surface area contributed by atoms with Gasteiger partial charge in [-0.2, -0.15) is 13.2 Å². The normalized spacial score (nSPS) is 29.9. The van der Waals surface area contributed by atoms with Crippen LogP contribution in [0.1, 0.15) is 24.0 Å². The first-order chi connectivity index (χ1) is 7.31. The fourth-order valence-electron chi connectivity index (χ4n) is 1.96. The number of rotatable bonds is 1. The van der Waals surface area contributed by atoms with Crippen LogP contribution < -0.4 is 5.73 Å². The summed E-state index contributed by atoms with van der Waals surface area (Å²) in [6, 6.07) is 4.00. The van der Waals surface area contributed by atoms with Gasteiger partial charge in [-0.1, -0.05) is 12.1 Å². The van der Waals surface area contributed by atoms with E-state index in [1.54, 1.807) is 0 Å². The van der Waals surface area contributed by atoms with Gasteiger partial charge in [-0.05, 0) is 17.7 Å². The Balaban J connectivity index is 2.20. The van der Waals surface area contributed by atoms with E-state index in [4.69, 9.17) is 5.73 Å². The summed E-state index contributed by atoms with van der Waals surface area (Å²) in [5, 5.41) is 0. The van der Waals surface area contributed by atoms with Crippen LogP contribution in [0.4, 0.5) is 17.6 Å². The zero-order valence-corrected chi connectivity index (χ0v) is 8.39. The van der Waals surface area contributed by atoms with E-state index in [1.807, 2.05) is 0 Å². The molecule has 0 spiro atoms. The van der Waals surface area contributed by atoms with Gasteiger partial charge in [0.15, 0.2) is 0 Å². The summed E-state index contributed by atoms with van der Waals surface area (Å²) in [7, 11) is 0. The lowest BCUT2D eigenvalue weighted by Crippen LogP contribution is -2.46. The van der Waals surface area contributed by atoms with Gasteiger partial charge in [0.2, 0.25) is 0 Å². The molecule has 1 nitrogen and oxygen atoms in total. The number of benzene rings is 1. The molecule has 0 radical (unpaired) electrons. The summed E-state index contributed by atoms with van der Waals surface area (Å²) >= 11 is 0. The zero-order chi connectivity index (χ0) is 12.0. The van der Waals surface area contributed by atoms with Crippen molar-refractivity contribution < 1.29 is 17.6 Å². The molecule has 1 aliphatic carbocycles. The molecule has 0 saturated heterocycles. The van der Waals surface area contributed by atoms with E-state index >= 15 is 0 Å². The summed E-state index contributed by atoms with van der Waals surface area (Å²) in [6.45, 7) is 0. The minimum Gasteiger partial charge on any atom is -0.327 e. The summed E-state index contributed by atoms with van der Waals surface area (Å²) < 4.78 is 50.7. The lowest BCUT2D eigenvalue weighted by Gasteiger charge is -2.39. The van der Waals surface area contributed by atoms with Crippen LogP contribution >= 0.6 is 0 Å². The van der Waals surface area contributed by atoms with Crippen LogP contribution in [-0.4, -0.2) is 6.04 Å². The highest BCUT2D eigenvalue weighted by atomic mass is 19.4. The molecule has 0 aromatic heterocycles. The van der Waals surface area contributed by atoms with Crippen molar-refractivity contribution in [2.24, 2.45) is 5.73 Å². The van der Waals surface area contributed by atoms with Gasteiger partial charge in [-0.25, -0.2) is 4.39 Å². The molecule has 1 saturated carbocycles. The number of nitrogens with two attached hydrogens (primary N) is 1. The molecule has 0 heterocycles. The molecule has 1 aromatic rings. The lowest BCUT2D eigenvalue weighted by molar-refractivity contribution is -0.137. The SMILES string of the molecule is NC1CC(F)(c2ccc(C(F)(F)F)cc2)C1. The summed E-state index contributed by atoms with van der Waals surface area (Å²) in [6.07, 6.45) is -4.02. The Kier molecular flexibility index (Phi) is 2.45. The van der Waals surface area contributed by atoms with Crippen LogP contribution in [0.5, 0.6) is 0 Å². The molecule has 1 aliphatic rings. The average Bonchev–Trinajstić information content (AvgIpc) is 2.14. The van der Waals surface area contributed by atoms with Crippen molar-refractivity contribution in [1.29, 1.82) is 0 Å². The Morgan fingerprint density at radius 1 is 1.12 bits per heavy atom. The lowest BCUT2D eigenvalue weighted by atomic mass is 9.73. The van der Waals surface area contributed by atoms with Crippen LogP contribution in [0.15, 0.2) is 24.3 Å². The fraction of sp³-hybridized carbons (Fsp3) is 0.455. The molecule has 0 atom stereocenters. The average molecular weight is 233 g/mol. The van der Waals surface area contributed by atoms with Crippen molar-refractivity contribution in [3.05, 3.63) is 35.4 Å². The highest BCUT2D eigenvalue weighted by Crippen LogP contribution is 2.44. The molecular formula is C11H11F4N. The van der Waals surface area contributed by atoms with Crippen LogP contribution in [-0.2, 0) is 11.8 Å². The van der Waals surface area contributed by atoms with Crippen LogP contribution in [0, 0.1) is 0 Å². The molecule has 2 rings (SSSR count). The van der Waals surface area contributed by atoms with Gasteiger partial charge in [0.25, 0.3) is 0 Å². The van der Waals surface area contributed by atoms with Gasteiger partial charge in [-0.15, -0.1) is 0 Å². The van der Waals surface area contributed by atoms with Crippen molar-refractivity contribution in [2.45, 2.75) is 30.7 Å². The molecule has 0 amide bonds. The smallest absolute Gasteiger partial charge is 0.327 e. The molecular weight excluding hydrogens is 222 g/mol. The van der Waals surface area contributed by atoms with Gasteiger partial charge in [0.1, 0.15) is 5.67 Å². The Bertz CT molecular complexity index is 376. The van der Waals surface area contributed by atoms with E-state index in [9.17, 15) is 17.6 Å². The number of alkyl halides is 4. The van der Waals surface area contributed by atoms with Gasteiger partial charge in [0.05, 0.1) is 5.56 Å². The van der Waals surface area contributed by atoms with Crippen molar-refractivity contribution in [3.8, 4) is 0 Å². The summed E-state index contributed by atoms with van der Waals surface area (Å²) in [5.74, 6) is 0. The van der Waals surface area contributed by atoms with E-state index in [2.05, 4.69) is 0 Å². The van der Waals surface area contributed by atoms with E-state index in [0.29, 0.717) is 0 Å². The predicted octanol–water partition coefficient (Wildman–Crippen LogP) is 2.99. The minimum absolute atomic E-state index is 0.179. The fourth-order valence-corrected chi connectivity index (χ4v) is 1.96. The Morgan fingerprint density at radius 3 is 2.00 bits per heavy atom. The highest BCUT2D eigenvalue weighted by molar-refractivity contribution is 5.31. The third-order valence-electron chi connectivity index (χ3n) is 2.90. The second-order valence-corrected chi connectivity index (χ2v) is 4.21. The molecule has 0 aliphatic heterocycles. The van der Waals surface area contributed by atoms with E-state index < -0.39 is 17.4 Å². The van der Waals surface area contributed by atoms with Gasteiger partial charge in [-0.3, -0.25) is 0 Å². The maximum Gasteiger partial charge on any atom is 0.416 e. The van der Waals surface area contributed by atoms with Crippen LogP contribution in [0.2, 0.25) is 0 Å². The molecule has 16 heavy (non-hydrogen) atoms. The first-order valence-corrected chi connectivity index (χ1v) is 4.93. The monoisotopic (exact) mass is 233 g/mol. The Morgan fingerprint density at radius 2 is 1.62 bits per heavy atom. The number of halogens is 4. The molecule has 5 heteroatoms. The van der Waals surface area contributed by atoms with E-state index in [0.717, 1.165) is 12.1 Å². The number of hydrogen-bond donors (Lipinski definition) is 1. The second kappa shape index (κ2) is 3.45. The molecule has 1 fully saturated rings. The molecule has 0 unspecified atom stereocenters. The summed E-state index contributed by atoms with van der Waals surface area (Å²) in [4.78, 5) is 0. The quantitative estimate of drug-likeness (QED) is 0.741. The standard InChI is InChI=1S/C11H11F4N/c12-10(5-9(16)6-10)7-1-3-8(4-2-7)11(13,14)15/h1-4,9H,5-6,16H2. The second-order valence-electron chi connectivity index (χ2n) is 4.21. The minimum atomic E-state index is -4.38. The largest absolute Gasteiger partial charge is 0.416 e. The van der Waals surface area contributed by atoms with E-state index in [-0.39, 0.29) is 24.4 Å². The summed E-state index contributed by atoms with van der Waals surface area (Å²) in [5.41, 5.74) is 3.45. The van der Waals surface area contributed by atoms with Gasteiger partial charge in [0, 0.05) is 18.9 Å². The maximum absolute atomic E-state index is 14.0. The Labute approximate surface area is 90.3 Å². The zero-order valence-electron chi connectivity index (χ0n) is 8.39. The van der Waals surface area contributed by atoms with E-state index in [1.165, 1.54) is 12.1 Å². The third kappa shape index (κ3) is 1.91. The van der Waals surface area contributed by atoms with Crippen LogP contribution in [0.3, 0.4) is 0 Å². The van der Waals surface area contributed by atoms with Gasteiger partial charge >= 0.3 is 6.18 Å². The van der Waals surface area contributed by atoms with Crippen molar-refractivity contribution in [1.82, 2.24) is 0 Å². The highest BCUT2D eigenvalue weighted by Gasteiger charge is 2.44. The van der Waals surface area contributed by atoms with Crippen molar-refractivity contribution in [2.75, 3.05) is 0 Å². The van der Waals surface area contributed by atoms with Crippen LogP contribution in [0.25, 0.3) is 0 Å². The molecule has 1 aromatic carbocycles. The molecule has 88 valence electrons. The first kappa shape index (κ1) is 11.4. The predicted molar refractivity (Wildman–Crippen MR) is 51.4 cm³/mol. The maximum atomic E-state index is 14.0. The topological polar surface area (TPSA) is 26.0 Å². The third-order valence-corrected chi connectivity index (χ3v) is 2.90. The first-order valence-electron chi connectivity index (χ1n) is 4.93. The molecule has 2 N–H and O–H groups in total. The van der Waals surface area contributed by atoms with Crippen molar-refractivity contribution >= 4 is 0 Å². The van der Waals surface area contributed by atoms with Crippen molar-refractivity contribution in [3.63, 3.8) is 0 Å².